The first-order valence-electron chi connectivity index (χ1n) is 6.92. The van der Waals surface area contributed by atoms with Crippen molar-refractivity contribution in [2.45, 2.75) is 39.6 Å². The predicted octanol–water partition coefficient (Wildman–Crippen LogP) is 3.18. The van der Waals surface area contributed by atoms with Crippen molar-refractivity contribution in [2.24, 2.45) is 0 Å². The van der Waals surface area contributed by atoms with Gasteiger partial charge < -0.3 is 14.6 Å². The minimum atomic E-state index is -2.78. The lowest BCUT2D eigenvalue weighted by Gasteiger charge is -2.09. The molecular weight excluding hydrogens is 276 g/mol. The van der Waals surface area contributed by atoms with Crippen molar-refractivity contribution in [3.8, 4) is 5.75 Å². The van der Waals surface area contributed by atoms with Crippen LogP contribution in [-0.4, -0.2) is 16.2 Å². The van der Waals surface area contributed by atoms with Crippen LogP contribution in [0.5, 0.6) is 5.75 Å². The Balaban J connectivity index is 1.81. The van der Waals surface area contributed by atoms with Gasteiger partial charge in [-0.25, -0.2) is 4.98 Å². The maximum Gasteiger partial charge on any atom is 0.387 e. The van der Waals surface area contributed by atoms with Crippen LogP contribution in [-0.2, 0) is 19.6 Å². The molecule has 0 atom stereocenters. The summed E-state index contributed by atoms with van der Waals surface area (Å²) in [7, 11) is 0. The number of hydrogen-bond acceptors (Lipinski definition) is 3. The molecular formula is C15H19F2N3O. The Kier molecular flexibility index (Phi) is 5.68. The van der Waals surface area contributed by atoms with Crippen LogP contribution in [0.25, 0.3) is 0 Å². The Bertz CT molecular complexity index is 540. The van der Waals surface area contributed by atoms with Crippen molar-refractivity contribution in [1.29, 1.82) is 0 Å². The topological polar surface area (TPSA) is 39.1 Å². The van der Waals surface area contributed by atoms with Gasteiger partial charge in [0.15, 0.2) is 0 Å². The summed E-state index contributed by atoms with van der Waals surface area (Å²) in [6.07, 6.45) is 4.74. The Hall–Kier alpha value is -1.95. The molecule has 0 aliphatic carbocycles. The van der Waals surface area contributed by atoms with Gasteiger partial charge in [0.25, 0.3) is 0 Å². The zero-order valence-electron chi connectivity index (χ0n) is 11.9. The quantitative estimate of drug-likeness (QED) is 0.813. The van der Waals surface area contributed by atoms with E-state index in [9.17, 15) is 8.78 Å². The van der Waals surface area contributed by atoms with E-state index in [-0.39, 0.29) is 5.75 Å². The number of alkyl halides is 2. The highest BCUT2D eigenvalue weighted by atomic mass is 19.3. The third-order valence-electron chi connectivity index (χ3n) is 3.05. The summed E-state index contributed by atoms with van der Waals surface area (Å²) in [4.78, 5) is 4.14. The highest BCUT2D eigenvalue weighted by molar-refractivity contribution is 5.27. The molecule has 1 N–H and O–H groups in total. The van der Waals surface area contributed by atoms with Gasteiger partial charge in [-0.15, -0.1) is 0 Å². The number of nitrogens with one attached hydrogen (secondary N) is 1. The summed E-state index contributed by atoms with van der Waals surface area (Å²) in [5, 5.41) is 3.31. The lowest BCUT2D eigenvalue weighted by molar-refractivity contribution is -0.0498. The lowest BCUT2D eigenvalue weighted by Crippen LogP contribution is -2.15. The van der Waals surface area contributed by atoms with E-state index in [4.69, 9.17) is 0 Å². The van der Waals surface area contributed by atoms with E-state index >= 15 is 0 Å². The van der Waals surface area contributed by atoms with Gasteiger partial charge in [0.05, 0.1) is 12.0 Å². The summed E-state index contributed by atoms with van der Waals surface area (Å²) in [5.74, 6) is 0.176. The smallest absolute Gasteiger partial charge is 0.387 e. The van der Waals surface area contributed by atoms with Crippen LogP contribution in [0.2, 0.25) is 0 Å². The van der Waals surface area contributed by atoms with Crippen LogP contribution in [0.15, 0.2) is 36.8 Å². The number of rotatable bonds is 8. The van der Waals surface area contributed by atoms with Gasteiger partial charge in [0.1, 0.15) is 5.75 Å². The molecule has 0 fully saturated rings. The number of aryl methyl sites for hydroxylation is 1. The number of imidazole rings is 1. The largest absolute Gasteiger partial charge is 0.435 e. The summed E-state index contributed by atoms with van der Waals surface area (Å²) < 4.78 is 30.5. The molecule has 0 aliphatic heterocycles. The van der Waals surface area contributed by atoms with Gasteiger partial charge in [-0.1, -0.05) is 19.1 Å². The number of aromatic nitrogens is 2. The molecule has 1 heterocycles. The van der Waals surface area contributed by atoms with Crippen LogP contribution in [0.1, 0.15) is 24.6 Å². The molecule has 0 saturated heterocycles. The molecule has 1 aromatic heterocycles. The zero-order chi connectivity index (χ0) is 15.1. The van der Waals surface area contributed by atoms with Crippen molar-refractivity contribution in [1.82, 2.24) is 14.9 Å². The molecule has 0 radical (unpaired) electrons. The van der Waals surface area contributed by atoms with Gasteiger partial charge in [0.2, 0.25) is 0 Å². The molecule has 0 saturated carbocycles. The Labute approximate surface area is 122 Å². The molecule has 2 aromatic rings. The van der Waals surface area contributed by atoms with Crippen molar-refractivity contribution in [3.63, 3.8) is 0 Å². The molecule has 21 heavy (non-hydrogen) atoms. The van der Waals surface area contributed by atoms with E-state index in [2.05, 4.69) is 26.5 Å². The van der Waals surface area contributed by atoms with Crippen molar-refractivity contribution in [2.75, 3.05) is 0 Å². The number of ether oxygens (including phenoxy) is 1. The molecule has 4 nitrogen and oxygen atoms in total. The average Bonchev–Trinajstić information content (AvgIpc) is 2.88. The lowest BCUT2D eigenvalue weighted by atomic mass is 10.2. The first kappa shape index (κ1) is 15.4. The third-order valence-corrected chi connectivity index (χ3v) is 3.05. The van der Waals surface area contributed by atoms with Crippen molar-refractivity contribution < 1.29 is 13.5 Å². The highest BCUT2D eigenvalue weighted by Gasteiger charge is 2.04. The summed E-state index contributed by atoms with van der Waals surface area (Å²) in [5.41, 5.74) is 2.15. The molecule has 6 heteroatoms. The molecule has 2 rings (SSSR count). The number of benzene rings is 1. The minimum Gasteiger partial charge on any atom is -0.435 e. The number of nitrogens with zero attached hydrogens (tertiary/aromatic N) is 2. The number of hydrogen-bond donors (Lipinski definition) is 1. The van der Waals surface area contributed by atoms with E-state index in [0.29, 0.717) is 6.54 Å². The van der Waals surface area contributed by atoms with E-state index in [1.54, 1.807) is 24.3 Å². The second kappa shape index (κ2) is 7.73. The van der Waals surface area contributed by atoms with E-state index in [1.165, 1.54) is 0 Å². The molecule has 0 spiro atoms. The van der Waals surface area contributed by atoms with Crippen molar-refractivity contribution in [3.05, 3.63) is 48.0 Å². The summed E-state index contributed by atoms with van der Waals surface area (Å²) in [6.45, 7) is 1.67. The van der Waals surface area contributed by atoms with Gasteiger partial charge in [-0.05, 0) is 24.1 Å². The SMILES string of the molecule is CCCn1cncc1CNCc1ccc(OC(F)F)cc1. The van der Waals surface area contributed by atoms with Crippen LogP contribution >= 0.6 is 0 Å². The van der Waals surface area contributed by atoms with Gasteiger partial charge in [-0.3, -0.25) is 0 Å². The zero-order valence-corrected chi connectivity index (χ0v) is 11.9. The fourth-order valence-corrected chi connectivity index (χ4v) is 2.06. The van der Waals surface area contributed by atoms with E-state index in [0.717, 1.165) is 30.8 Å². The van der Waals surface area contributed by atoms with Crippen LogP contribution in [0, 0.1) is 0 Å². The summed E-state index contributed by atoms with van der Waals surface area (Å²) in [6, 6.07) is 6.64. The molecule has 0 amide bonds. The molecule has 0 bridgehead atoms. The molecule has 0 aliphatic rings. The van der Waals surface area contributed by atoms with Gasteiger partial charge in [0, 0.05) is 25.8 Å². The monoisotopic (exact) mass is 295 g/mol. The summed E-state index contributed by atoms with van der Waals surface area (Å²) >= 11 is 0. The van der Waals surface area contributed by atoms with Crippen molar-refractivity contribution >= 4 is 0 Å². The molecule has 114 valence electrons. The predicted molar refractivity (Wildman–Crippen MR) is 76.1 cm³/mol. The van der Waals surface area contributed by atoms with E-state index < -0.39 is 6.61 Å². The van der Waals surface area contributed by atoms with Crippen LogP contribution < -0.4 is 10.1 Å². The first-order chi connectivity index (χ1) is 10.2. The molecule has 1 aromatic carbocycles. The third kappa shape index (κ3) is 4.82. The standard InChI is InChI=1S/C15H19F2N3O/c1-2-7-20-11-19-10-13(20)9-18-8-12-3-5-14(6-4-12)21-15(16)17/h3-6,10-11,15,18H,2,7-9H2,1H3. The minimum absolute atomic E-state index is 0.176. The van der Waals surface area contributed by atoms with Crippen LogP contribution in [0.3, 0.4) is 0 Å². The van der Waals surface area contributed by atoms with E-state index in [1.807, 2.05) is 12.5 Å². The normalized spacial score (nSPS) is 11.0. The van der Waals surface area contributed by atoms with Crippen LogP contribution in [0.4, 0.5) is 8.78 Å². The average molecular weight is 295 g/mol. The van der Waals surface area contributed by atoms with Gasteiger partial charge >= 0.3 is 6.61 Å². The number of halogens is 2. The fraction of sp³-hybridized carbons (Fsp3) is 0.400. The highest BCUT2D eigenvalue weighted by Crippen LogP contribution is 2.14. The maximum atomic E-state index is 12.0. The molecule has 0 unspecified atom stereocenters. The Morgan fingerprint density at radius 3 is 2.67 bits per heavy atom. The second-order valence-electron chi connectivity index (χ2n) is 4.70. The van der Waals surface area contributed by atoms with Gasteiger partial charge in [-0.2, -0.15) is 8.78 Å². The Morgan fingerprint density at radius 2 is 2.00 bits per heavy atom. The second-order valence-corrected chi connectivity index (χ2v) is 4.70. The fourth-order valence-electron chi connectivity index (χ4n) is 2.06. The maximum absolute atomic E-state index is 12.0. The Morgan fingerprint density at radius 1 is 1.24 bits per heavy atom. The first-order valence-corrected chi connectivity index (χ1v) is 6.92.